The van der Waals surface area contributed by atoms with E-state index in [0.717, 1.165) is 29.9 Å². The molecule has 2 amide bonds. The van der Waals surface area contributed by atoms with Gasteiger partial charge in [0.1, 0.15) is 17.9 Å². The molecule has 11 heteroatoms. The molecule has 2 N–H and O–H groups in total. The van der Waals surface area contributed by atoms with Crippen molar-refractivity contribution in [2.24, 2.45) is 5.92 Å². The van der Waals surface area contributed by atoms with E-state index < -0.39 is 18.3 Å². The van der Waals surface area contributed by atoms with E-state index in [1.807, 2.05) is 0 Å². The lowest BCUT2D eigenvalue weighted by Gasteiger charge is -2.31. The second-order valence-electron chi connectivity index (χ2n) is 10.2. The molecule has 0 spiro atoms. The molecule has 2 aliphatic carbocycles. The molecule has 1 aromatic heterocycles. The minimum atomic E-state index is -1.20. The second-order valence-corrected chi connectivity index (χ2v) is 11.0. The van der Waals surface area contributed by atoms with Gasteiger partial charge in [-0.25, -0.2) is 0 Å². The summed E-state index contributed by atoms with van der Waals surface area (Å²) in [5, 5.41) is 16.6. The number of carboxylic acids is 1. The van der Waals surface area contributed by atoms with E-state index in [9.17, 15) is 14.4 Å². The summed E-state index contributed by atoms with van der Waals surface area (Å²) < 4.78 is 12.1. The minimum Gasteiger partial charge on any atom is -0.481 e. The fourth-order valence-electron chi connectivity index (χ4n) is 5.61. The van der Waals surface area contributed by atoms with Crippen molar-refractivity contribution in [3.8, 4) is 11.3 Å². The van der Waals surface area contributed by atoms with Crippen molar-refractivity contribution >= 4 is 52.4 Å². The summed E-state index contributed by atoms with van der Waals surface area (Å²) in [6, 6.07) is 12.1. The lowest BCUT2D eigenvalue weighted by atomic mass is 10.0. The number of aliphatic carboxylic acids is 1. The molecule has 39 heavy (non-hydrogen) atoms. The molecule has 1 aliphatic heterocycles. The number of halogens is 2. The van der Waals surface area contributed by atoms with Crippen molar-refractivity contribution in [2.45, 2.75) is 56.8 Å². The molecule has 3 aliphatic rings. The van der Waals surface area contributed by atoms with E-state index in [4.69, 9.17) is 37.6 Å². The number of piperidine rings is 1. The Balaban J connectivity index is 1.14. The molecule has 3 fully saturated rings. The largest absolute Gasteiger partial charge is 0.481 e. The number of carbonyl (C=O) groups is 3. The molecule has 2 aromatic carbocycles. The van der Waals surface area contributed by atoms with Crippen molar-refractivity contribution in [1.29, 1.82) is 0 Å². The molecule has 6 rings (SSSR count). The van der Waals surface area contributed by atoms with Crippen molar-refractivity contribution in [3.05, 3.63) is 63.8 Å². The first kappa shape index (κ1) is 25.9. The molecule has 0 unspecified atom stereocenters. The Morgan fingerprint density at radius 3 is 2.46 bits per heavy atom. The second kappa shape index (κ2) is 10.3. The number of nitrogens with one attached hydrogen (secondary N) is 1. The Bertz CT molecular complexity index is 1430. The Labute approximate surface area is 234 Å². The predicted molar refractivity (Wildman–Crippen MR) is 144 cm³/mol. The number of rotatable bonds is 9. The summed E-state index contributed by atoms with van der Waals surface area (Å²) in [5.41, 5.74) is 3.23. The summed E-state index contributed by atoms with van der Waals surface area (Å²) in [6.45, 7) is 0.248. The van der Waals surface area contributed by atoms with Crippen LogP contribution in [0.4, 0.5) is 11.4 Å². The van der Waals surface area contributed by atoms with Crippen molar-refractivity contribution in [1.82, 2.24) is 5.16 Å². The zero-order valence-corrected chi connectivity index (χ0v) is 22.2. The molecule has 3 aromatic rings. The smallest absolute Gasteiger partial charge is 0.312 e. The van der Waals surface area contributed by atoms with E-state index in [1.54, 1.807) is 47.4 Å². The van der Waals surface area contributed by atoms with E-state index in [2.05, 4.69) is 10.5 Å². The van der Waals surface area contributed by atoms with Gasteiger partial charge in [-0.3, -0.25) is 14.4 Å². The van der Waals surface area contributed by atoms with Gasteiger partial charge in [0.25, 0.3) is 0 Å². The standard InChI is InChI=1S/C28H25Cl2N3O6/c29-20-2-1-3-21(30)25(20)26-19(27(39-32-26)14-4-5-14)13-38-22-11-17-10-18(22)28(37)33(17)16-8-6-15(7-9-16)31-23(34)12-24(35)36/h1-3,6-9,14,17-18,22H,4-5,10-13H2,(H,31,34)(H,35,36)/t17-,18+,22+/m0/s1. The van der Waals surface area contributed by atoms with E-state index in [0.29, 0.717) is 45.7 Å². The third-order valence-corrected chi connectivity index (χ3v) is 8.18. The SMILES string of the molecule is O=C(O)CC(=O)Nc1ccc(N2C(=O)[C@@H]3C[C@H]2C[C@H]3OCc2c(-c3c(Cl)cccc3Cl)noc2C2CC2)cc1. The first-order valence-corrected chi connectivity index (χ1v) is 13.5. The maximum Gasteiger partial charge on any atom is 0.312 e. The van der Waals surface area contributed by atoms with Crippen LogP contribution >= 0.6 is 23.2 Å². The number of benzene rings is 2. The summed E-state index contributed by atoms with van der Waals surface area (Å²) >= 11 is 12.9. The van der Waals surface area contributed by atoms with Gasteiger partial charge in [0.05, 0.1) is 28.7 Å². The number of anilines is 2. The van der Waals surface area contributed by atoms with Crippen LogP contribution in [0.3, 0.4) is 0 Å². The molecule has 0 radical (unpaired) electrons. The topological polar surface area (TPSA) is 122 Å². The summed E-state index contributed by atoms with van der Waals surface area (Å²) in [4.78, 5) is 37.5. The first-order valence-electron chi connectivity index (χ1n) is 12.8. The normalized spacial score (nSPS) is 21.9. The van der Waals surface area contributed by atoms with Gasteiger partial charge in [-0.05, 0) is 62.1 Å². The Morgan fingerprint density at radius 1 is 1.10 bits per heavy atom. The highest BCUT2D eigenvalue weighted by atomic mass is 35.5. The average Bonchev–Trinajstić information content (AvgIpc) is 3.39. The van der Waals surface area contributed by atoms with Gasteiger partial charge < -0.3 is 24.6 Å². The third kappa shape index (κ3) is 5.02. The zero-order valence-electron chi connectivity index (χ0n) is 20.7. The molecule has 3 atom stereocenters. The maximum atomic E-state index is 13.3. The number of hydrogen-bond donors (Lipinski definition) is 2. The monoisotopic (exact) mass is 569 g/mol. The average molecular weight is 570 g/mol. The van der Waals surface area contributed by atoms with Crippen LogP contribution in [0.2, 0.25) is 10.0 Å². The quantitative estimate of drug-likeness (QED) is 0.319. The molecule has 2 heterocycles. The van der Waals surface area contributed by atoms with Gasteiger partial charge in [0, 0.05) is 34.5 Å². The van der Waals surface area contributed by atoms with Crippen LogP contribution in [0, 0.1) is 5.92 Å². The van der Waals surface area contributed by atoms with E-state index >= 15 is 0 Å². The molecule has 9 nitrogen and oxygen atoms in total. The number of fused-ring (bicyclic) bond motifs is 2. The predicted octanol–water partition coefficient (Wildman–Crippen LogP) is 5.65. The Morgan fingerprint density at radius 2 is 1.82 bits per heavy atom. The number of nitrogens with zero attached hydrogens (tertiary/aromatic N) is 2. The summed E-state index contributed by atoms with van der Waals surface area (Å²) in [6.07, 6.45) is 2.61. The lowest BCUT2D eigenvalue weighted by molar-refractivity contribution is -0.139. The van der Waals surface area contributed by atoms with Crippen LogP contribution in [-0.4, -0.2) is 40.2 Å². The van der Waals surface area contributed by atoms with Crippen LogP contribution in [-0.2, 0) is 25.7 Å². The van der Waals surface area contributed by atoms with Gasteiger partial charge in [-0.2, -0.15) is 0 Å². The molecular weight excluding hydrogens is 545 g/mol. The van der Waals surface area contributed by atoms with Crippen LogP contribution in [0.15, 0.2) is 47.0 Å². The fourth-order valence-corrected chi connectivity index (χ4v) is 6.19. The summed E-state index contributed by atoms with van der Waals surface area (Å²) in [5.74, 6) is -0.962. The number of aromatic nitrogens is 1. The molecule has 202 valence electrons. The molecule has 1 saturated heterocycles. The van der Waals surface area contributed by atoms with Gasteiger partial charge >= 0.3 is 5.97 Å². The maximum absolute atomic E-state index is 13.3. The highest BCUT2D eigenvalue weighted by Crippen LogP contribution is 2.47. The van der Waals surface area contributed by atoms with Crippen LogP contribution in [0.5, 0.6) is 0 Å². The zero-order chi connectivity index (χ0) is 27.3. The molecule has 2 saturated carbocycles. The fraction of sp³-hybridized carbons (Fsp3) is 0.357. The Kier molecular flexibility index (Phi) is 6.82. The van der Waals surface area contributed by atoms with Crippen LogP contribution in [0.25, 0.3) is 11.3 Å². The highest BCUT2D eigenvalue weighted by Gasteiger charge is 2.52. The van der Waals surface area contributed by atoms with Gasteiger partial charge in [-0.1, -0.05) is 34.4 Å². The van der Waals surface area contributed by atoms with E-state index in [1.165, 1.54) is 0 Å². The van der Waals surface area contributed by atoms with Crippen molar-refractivity contribution in [3.63, 3.8) is 0 Å². The first-order chi connectivity index (χ1) is 18.8. The third-order valence-electron chi connectivity index (χ3n) is 7.55. The van der Waals surface area contributed by atoms with Gasteiger partial charge in [0.15, 0.2) is 0 Å². The highest BCUT2D eigenvalue weighted by molar-refractivity contribution is 6.39. The lowest BCUT2D eigenvalue weighted by Crippen LogP contribution is -2.43. The van der Waals surface area contributed by atoms with Crippen molar-refractivity contribution < 1.29 is 28.8 Å². The number of amides is 2. The summed E-state index contributed by atoms with van der Waals surface area (Å²) in [7, 11) is 0. The van der Waals surface area contributed by atoms with Gasteiger partial charge in [-0.15, -0.1) is 0 Å². The van der Waals surface area contributed by atoms with Crippen LogP contribution < -0.4 is 10.2 Å². The molecular formula is C28H25Cl2N3O6. The van der Waals surface area contributed by atoms with Gasteiger partial charge in [0.2, 0.25) is 11.8 Å². The Hall–Kier alpha value is -3.40. The minimum absolute atomic E-state index is 0.000944. The number of carbonyl (C=O) groups excluding carboxylic acids is 2. The number of carboxylic acid groups (broad SMARTS) is 1. The van der Waals surface area contributed by atoms with Crippen LogP contribution in [0.1, 0.15) is 49.3 Å². The number of hydrogen-bond acceptors (Lipinski definition) is 6. The molecule has 2 bridgehead atoms. The number of ether oxygens (including phenoxy) is 1. The van der Waals surface area contributed by atoms with Crippen molar-refractivity contribution in [2.75, 3.05) is 10.2 Å². The van der Waals surface area contributed by atoms with E-state index in [-0.39, 0.29) is 30.6 Å².